The summed E-state index contributed by atoms with van der Waals surface area (Å²) in [6, 6.07) is 6.00. The molecule has 114 valence electrons. The van der Waals surface area contributed by atoms with Crippen molar-refractivity contribution in [2.75, 3.05) is 7.05 Å². The lowest BCUT2D eigenvalue weighted by Gasteiger charge is -2.18. The normalized spacial score (nSPS) is 12.1. The lowest BCUT2D eigenvalue weighted by atomic mass is 10.2. The number of nitrogens with zero attached hydrogens (tertiary/aromatic N) is 3. The molecular formula is C14H15F4N3. The van der Waals surface area contributed by atoms with Crippen LogP contribution in [0.4, 0.5) is 17.6 Å². The van der Waals surface area contributed by atoms with E-state index in [9.17, 15) is 17.6 Å². The van der Waals surface area contributed by atoms with Crippen molar-refractivity contribution in [2.24, 2.45) is 0 Å². The Morgan fingerprint density at radius 3 is 2.43 bits per heavy atom. The summed E-state index contributed by atoms with van der Waals surface area (Å²) in [6.07, 6.45) is -1.60. The van der Waals surface area contributed by atoms with Crippen LogP contribution >= 0.6 is 0 Å². The summed E-state index contributed by atoms with van der Waals surface area (Å²) < 4.78 is 51.2. The number of halogens is 4. The highest BCUT2D eigenvalue weighted by Gasteiger charge is 2.28. The Balaban J connectivity index is 1.98. The second kappa shape index (κ2) is 6.26. The first-order valence-electron chi connectivity index (χ1n) is 6.33. The molecule has 0 saturated heterocycles. The quantitative estimate of drug-likeness (QED) is 0.791. The van der Waals surface area contributed by atoms with Crippen LogP contribution in [0, 0.1) is 5.82 Å². The topological polar surface area (TPSA) is 21.1 Å². The van der Waals surface area contributed by atoms with Gasteiger partial charge >= 0.3 is 6.18 Å². The van der Waals surface area contributed by atoms with Crippen molar-refractivity contribution in [3.8, 4) is 0 Å². The van der Waals surface area contributed by atoms with Crippen LogP contribution in [0.1, 0.15) is 11.4 Å². The summed E-state index contributed by atoms with van der Waals surface area (Å²) in [7, 11) is 1.77. The van der Waals surface area contributed by atoms with E-state index in [1.165, 1.54) is 24.5 Å². The van der Waals surface area contributed by atoms with E-state index in [2.05, 4.69) is 4.98 Å². The molecular weight excluding hydrogens is 286 g/mol. The zero-order valence-electron chi connectivity index (χ0n) is 11.4. The Morgan fingerprint density at radius 1 is 1.14 bits per heavy atom. The summed E-state index contributed by atoms with van der Waals surface area (Å²) in [5.74, 6) is 0.0269. The minimum absolute atomic E-state index is 0.278. The molecule has 7 heteroatoms. The average Bonchev–Trinajstić information content (AvgIpc) is 2.77. The predicted molar refractivity (Wildman–Crippen MR) is 69.9 cm³/mol. The van der Waals surface area contributed by atoms with Crippen LogP contribution in [0.25, 0.3) is 0 Å². The minimum atomic E-state index is -4.27. The molecule has 3 nitrogen and oxygen atoms in total. The molecule has 2 aromatic rings. The van der Waals surface area contributed by atoms with Crippen LogP contribution in [-0.2, 0) is 19.6 Å². The van der Waals surface area contributed by atoms with E-state index >= 15 is 0 Å². The third kappa shape index (κ3) is 4.86. The van der Waals surface area contributed by atoms with Crippen LogP contribution in [0.5, 0.6) is 0 Å². The standard InChI is InChI=1S/C14H15F4N3/c1-20(8-11-2-4-12(15)5-3-11)9-13-19-6-7-21(13)10-14(16,17)18/h2-7H,8-10H2,1H3. The number of benzene rings is 1. The largest absolute Gasteiger partial charge is 0.406 e. The fourth-order valence-electron chi connectivity index (χ4n) is 2.03. The second-order valence-electron chi connectivity index (χ2n) is 4.89. The highest BCUT2D eigenvalue weighted by molar-refractivity contribution is 5.15. The van der Waals surface area contributed by atoms with Gasteiger partial charge in [-0.3, -0.25) is 4.90 Å². The maximum atomic E-state index is 12.8. The molecule has 0 atom stereocenters. The third-order valence-electron chi connectivity index (χ3n) is 2.93. The Bertz CT molecular complexity index is 575. The highest BCUT2D eigenvalue weighted by Crippen LogP contribution is 2.19. The maximum absolute atomic E-state index is 12.8. The van der Waals surface area contributed by atoms with Gasteiger partial charge in [0.05, 0.1) is 6.54 Å². The van der Waals surface area contributed by atoms with Gasteiger partial charge in [0.2, 0.25) is 0 Å². The smallest absolute Gasteiger partial charge is 0.325 e. The first-order chi connectivity index (χ1) is 9.83. The number of rotatable bonds is 5. The van der Waals surface area contributed by atoms with Crippen molar-refractivity contribution in [3.05, 3.63) is 53.9 Å². The van der Waals surface area contributed by atoms with Gasteiger partial charge in [-0.25, -0.2) is 9.37 Å². The molecule has 0 unspecified atom stereocenters. The van der Waals surface area contributed by atoms with E-state index in [0.29, 0.717) is 12.4 Å². The van der Waals surface area contributed by atoms with E-state index in [0.717, 1.165) is 10.1 Å². The summed E-state index contributed by atoms with van der Waals surface area (Å²) in [6.45, 7) is -0.271. The lowest BCUT2D eigenvalue weighted by Crippen LogP contribution is -2.23. The zero-order valence-corrected chi connectivity index (χ0v) is 11.4. The van der Waals surface area contributed by atoms with E-state index in [1.54, 1.807) is 19.2 Å². The van der Waals surface area contributed by atoms with Gasteiger partial charge in [0, 0.05) is 18.9 Å². The molecule has 2 rings (SSSR count). The van der Waals surface area contributed by atoms with Crippen molar-refractivity contribution in [2.45, 2.75) is 25.8 Å². The van der Waals surface area contributed by atoms with Crippen LogP contribution in [-0.4, -0.2) is 27.7 Å². The van der Waals surface area contributed by atoms with Crippen molar-refractivity contribution < 1.29 is 17.6 Å². The van der Waals surface area contributed by atoms with Gasteiger partial charge in [-0.05, 0) is 24.7 Å². The second-order valence-corrected chi connectivity index (χ2v) is 4.89. The molecule has 21 heavy (non-hydrogen) atoms. The van der Waals surface area contributed by atoms with Crippen LogP contribution in [0.2, 0.25) is 0 Å². The molecule has 0 fully saturated rings. The van der Waals surface area contributed by atoms with E-state index in [-0.39, 0.29) is 12.4 Å². The minimum Gasteiger partial charge on any atom is -0.325 e. The lowest BCUT2D eigenvalue weighted by molar-refractivity contribution is -0.141. The first kappa shape index (κ1) is 15.5. The van der Waals surface area contributed by atoms with Gasteiger partial charge in [0.15, 0.2) is 0 Å². The highest BCUT2D eigenvalue weighted by atomic mass is 19.4. The maximum Gasteiger partial charge on any atom is 0.406 e. The summed E-state index contributed by atoms with van der Waals surface area (Å²) in [5, 5.41) is 0. The van der Waals surface area contributed by atoms with Crippen molar-refractivity contribution in [3.63, 3.8) is 0 Å². The average molecular weight is 301 g/mol. The number of aromatic nitrogens is 2. The van der Waals surface area contributed by atoms with Gasteiger partial charge in [-0.2, -0.15) is 13.2 Å². The SMILES string of the molecule is CN(Cc1ccc(F)cc1)Cc1nccn1CC(F)(F)F. The molecule has 1 aromatic carbocycles. The van der Waals surface area contributed by atoms with Crippen molar-refractivity contribution in [1.29, 1.82) is 0 Å². The fourth-order valence-corrected chi connectivity index (χ4v) is 2.03. The van der Waals surface area contributed by atoms with Crippen LogP contribution in [0.15, 0.2) is 36.7 Å². The van der Waals surface area contributed by atoms with Crippen molar-refractivity contribution >= 4 is 0 Å². The zero-order chi connectivity index (χ0) is 15.5. The van der Waals surface area contributed by atoms with Gasteiger partial charge in [-0.15, -0.1) is 0 Å². The van der Waals surface area contributed by atoms with E-state index < -0.39 is 12.7 Å². The van der Waals surface area contributed by atoms with Gasteiger partial charge in [0.25, 0.3) is 0 Å². The number of imidazole rings is 1. The molecule has 0 saturated carbocycles. The first-order valence-corrected chi connectivity index (χ1v) is 6.33. The molecule has 0 N–H and O–H groups in total. The molecule has 1 aromatic heterocycles. The Kier molecular flexibility index (Phi) is 4.62. The van der Waals surface area contributed by atoms with E-state index in [4.69, 9.17) is 0 Å². The molecule has 0 aliphatic rings. The third-order valence-corrected chi connectivity index (χ3v) is 2.93. The van der Waals surface area contributed by atoms with Crippen LogP contribution < -0.4 is 0 Å². The fraction of sp³-hybridized carbons (Fsp3) is 0.357. The summed E-state index contributed by atoms with van der Waals surface area (Å²) in [5.41, 5.74) is 0.882. The molecule has 0 aliphatic heterocycles. The molecule has 0 amide bonds. The summed E-state index contributed by atoms with van der Waals surface area (Å²) in [4.78, 5) is 5.78. The van der Waals surface area contributed by atoms with Crippen LogP contribution in [0.3, 0.4) is 0 Å². The summed E-state index contributed by atoms with van der Waals surface area (Å²) >= 11 is 0. The number of hydrogen-bond acceptors (Lipinski definition) is 2. The van der Waals surface area contributed by atoms with Gasteiger partial charge in [0.1, 0.15) is 18.2 Å². The monoisotopic (exact) mass is 301 g/mol. The predicted octanol–water partition coefficient (Wildman–Crippen LogP) is 3.22. The van der Waals surface area contributed by atoms with Gasteiger partial charge in [-0.1, -0.05) is 12.1 Å². The Labute approximate surface area is 119 Å². The van der Waals surface area contributed by atoms with Crippen molar-refractivity contribution in [1.82, 2.24) is 14.5 Å². The molecule has 0 aliphatic carbocycles. The molecule has 0 bridgehead atoms. The molecule has 1 heterocycles. The molecule has 0 spiro atoms. The number of hydrogen-bond donors (Lipinski definition) is 0. The Hall–Kier alpha value is -1.89. The molecule has 0 radical (unpaired) electrons. The number of alkyl halides is 3. The Morgan fingerprint density at radius 2 is 1.81 bits per heavy atom. The van der Waals surface area contributed by atoms with Gasteiger partial charge < -0.3 is 4.57 Å². The van der Waals surface area contributed by atoms with E-state index in [1.807, 2.05) is 4.90 Å².